The van der Waals surface area contributed by atoms with Crippen LogP contribution in [0.3, 0.4) is 0 Å². The number of aliphatic carboxylic acids is 1. The van der Waals surface area contributed by atoms with Gasteiger partial charge in [-0.2, -0.15) is 4.31 Å². The molecule has 0 bridgehead atoms. The Labute approximate surface area is 111 Å². The number of carbonyl (C=O) groups is 2. The van der Waals surface area contributed by atoms with Gasteiger partial charge in [-0.05, 0) is 6.92 Å². The van der Waals surface area contributed by atoms with Crippen molar-refractivity contribution >= 4 is 22.0 Å². The van der Waals surface area contributed by atoms with Crippen molar-refractivity contribution in [2.24, 2.45) is 0 Å². The number of rotatable bonds is 5. The van der Waals surface area contributed by atoms with Crippen LogP contribution in [-0.4, -0.2) is 67.9 Å². The van der Waals surface area contributed by atoms with Crippen LogP contribution in [0.2, 0.25) is 0 Å². The summed E-state index contributed by atoms with van der Waals surface area (Å²) in [5.74, 6) is -2.19. The van der Waals surface area contributed by atoms with E-state index in [0.29, 0.717) is 0 Å². The zero-order valence-electron chi connectivity index (χ0n) is 10.9. The molecule has 1 saturated heterocycles. The molecule has 3 atom stereocenters. The van der Waals surface area contributed by atoms with Crippen molar-refractivity contribution in [3.05, 3.63) is 0 Å². The zero-order valence-corrected chi connectivity index (χ0v) is 11.7. The molecule has 1 rings (SSSR count). The molecular formula is C10H17NO7S. The van der Waals surface area contributed by atoms with Gasteiger partial charge in [0.2, 0.25) is 10.0 Å². The summed E-state index contributed by atoms with van der Waals surface area (Å²) >= 11 is 0. The molecule has 3 unspecified atom stereocenters. The molecule has 110 valence electrons. The second kappa shape index (κ2) is 5.85. The minimum Gasteiger partial charge on any atom is -0.480 e. The maximum Gasteiger partial charge on any atom is 0.325 e. The van der Waals surface area contributed by atoms with E-state index < -0.39 is 39.4 Å². The van der Waals surface area contributed by atoms with Gasteiger partial charge in [0.05, 0.1) is 13.2 Å². The summed E-state index contributed by atoms with van der Waals surface area (Å²) in [6, 6.07) is -1.22. The highest BCUT2D eigenvalue weighted by Gasteiger charge is 2.47. The lowest BCUT2D eigenvalue weighted by Crippen LogP contribution is -2.47. The van der Waals surface area contributed by atoms with E-state index in [1.54, 1.807) is 0 Å². The van der Waals surface area contributed by atoms with Gasteiger partial charge in [-0.15, -0.1) is 0 Å². The Morgan fingerprint density at radius 1 is 1.37 bits per heavy atom. The molecular weight excluding hydrogens is 278 g/mol. The van der Waals surface area contributed by atoms with Crippen LogP contribution in [0.15, 0.2) is 0 Å². The second-order valence-corrected chi connectivity index (χ2v) is 6.43. The maximum atomic E-state index is 12.2. The van der Waals surface area contributed by atoms with Crippen LogP contribution >= 0.6 is 0 Å². The smallest absolute Gasteiger partial charge is 0.325 e. The van der Waals surface area contributed by atoms with Crippen molar-refractivity contribution in [2.75, 3.05) is 20.8 Å². The summed E-state index contributed by atoms with van der Waals surface area (Å²) in [6.45, 7) is 1.08. The summed E-state index contributed by atoms with van der Waals surface area (Å²) < 4.78 is 34.6. The van der Waals surface area contributed by atoms with Crippen LogP contribution in [0.25, 0.3) is 0 Å². The van der Waals surface area contributed by atoms with E-state index in [0.717, 1.165) is 11.4 Å². The first-order chi connectivity index (χ1) is 8.75. The quantitative estimate of drug-likeness (QED) is 0.651. The second-order valence-electron chi connectivity index (χ2n) is 4.23. The van der Waals surface area contributed by atoms with Crippen LogP contribution in [0, 0.1) is 0 Å². The molecule has 19 heavy (non-hydrogen) atoms. The van der Waals surface area contributed by atoms with Gasteiger partial charge < -0.3 is 14.6 Å². The number of carboxylic acids is 1. The molecule has 1 aliphatic heterocycles. The van der Waals surface area contributed by atoms with Crippen LogP contribution in [0.4, 0.5) is 0 Å². The van der Waals surface area contributed by atoms with Crippen molar-refractivity contribution in [1.82, 2.24) is 4.31 Å². The van der Waals surface area contributed by atoms with Crippen LogP contribution in [0.5, 0.6) is 0 Å². The Morgan fingerprint density at radius 2 is 1.95 bits per heavy atom. The Morgan fingerprint density at radius 3 is 2.37 bits per heavy atom. The topological polar surface area (TPSA) is 110 Å². The van der Waals surface area contributed by atoms with Gasteiger partial charge in [-0.25, -0.2) is 8.42 Å². The molecule has 1 fully saturated rings. The third kappa shape index (κ3) is 3.04. The van der Waals surface area contributed by atoms with Crippen molar-refractivity contribution in [2.45, 2.75) is 30.7 Å². The van der Waals surface area contributed by atoms with Gasteiger partial charge in [0.15, 0.2) is 5.25 Å². The number of hydrogen-bond acceptors (Lipinski definition) is 6. The Kier molecular flexibility index (Phi) is 4.88. The van der Waals surface area contributed by atoms with E-state index in [9.17, 15) is 18.0 Å². The number of ether oxygens (including phenoxy) is 2. The highest BCUT2D eigenvalue weighted by Crippen LogP contribution is 2.26. The first-order valence-corrected chi connectivity index (χ1v) is 7.10. The van der Waals surface area contributed by atoms with E-state index in [4.69, 9.17) is 9.84 Å². The lowest BCUT2D eigenvalue weighted by Gasteiger charge is -2.23. The number of methoxy groups -OCH3 is 2. The molecule has 1 N–H and O–H groups in total. The predicted octanol–water partition coefficient (Wildman–Crippen LogP) is -0.948. The first-order valence-electron chi connectivity index (χ1n) is 5.59. The number of carboxylic acid groups (broad SMARTS) is 1. The number of carbonyl (C=O) groups excluding carboxylic acids is 1. The van der Waals surface area contributed by atoms with Crippen LogP contribution in [0.1, 0.15) is 13.3 Å². The molecule has 8 nitrogen and oxygen atoms in total. The van der Waals surface area contributed by atoms with E-state index in [1.165, 1.54) is 14.0 Å². The van der Waals surface area contributed by atoms with E-state index in [-0.39, 0.29) is 13.0 Å². The standard InChI is InChI=1S/C10H17NO7S/c1-6(10(14)18-3)19(15,16)11-5-7(17-2)4-8(11)9(12)13/h6-8H,4-5H2,1-3H3,(H,12,13). The third-order valence-corrected chi connectivity index (χ3v) is 5.29. The molecule has 0 radical (unpaired) electrons. The summed E-state index contributed by atoms with van der Waals surface area (Å²) in [5, 5.41) is 7.61. The monoisotopic (exact) mass is 295 g/mol. The molecule has 0 aromatic heterocycles. The van der Waals surface area contributed by atoms with Gasteiger partial charge in [0, 0.05) is 20.1 Å². The minimum atomic E-state index is -4.09. The van der Waals surface area contributed by atoms with E-state index in [1.807, 2.05) is 0 Å². The molecule has 1 heterocycles. The predicted molar refractivity (Wildman–Crippen MR) is 63.9 cm³/mol. The summed E-state index contributed by atoms with van der Waals surface area (Å²) in [5.41, 5.74) is 0. The first kappa shape index (κ1) is 15.9. The molecule has 0 aromatic rings. The fourth-order valence-electron chi connectivity index (χ4n) is 1.94. The number of nitrogens with zero attached hydrogens (tertiary/aromatic N) is 1. The lowest BCUT2D eigenvalue weighted by atomic mass is 10.2. The number of esters is 1. The summed E-state index contributed by atoms with van der Waals surface area (Å²) in [6.07, 6.45) is -0.445. The molecule has 0 aliphatic carbocycles. The molecule has 1 aliphatic rings. The number of sulfonamides is 1. The normalized spacial score (nSPS) is 26.1. The van der Waals surface area contributed by atoms with Crippen molar-refractivity contribution < 1.29 is 32.6 Å². The fraction of sp³-hybridized carbons (Fsp3) is 0.800. The lowest BCUT2D eigenvalue weighted by molar-refractivity contribution is -0.142. The zero-order chi connectivity index (χ0) is 14.8. The van der Waals surface area contributed by atoms with Crippen molar-refractivity contribution in [3.63, 3.8) is 0 Å². The van der Waals surface area contributed by atoms with Crippen molar-refractivity contribution in [1.29, 1.82) is 0 Å². The molecule has 0 spiro atoms. The van der Waals surface area contributed by atoms with Gasteiger partial charge in [0.25, 0.3) is 0 Å². The van der Waals surface area contributed by atoms with Gasteiger partial charge in [0.1, 0.15) is 6.04 Å². The van der Waals surface area contributed by atoms with Crippen LogP contribution in [-0.2, 0) is 29.1 Å². The molecule has 0 amide bonds. The van der Waals surface area contributed by atoms with Crippen LogP contribution < -0.4 is 0 Å². The largest absolute Gasteiger partial charge is 0.480 e. The fourth-order valence-corrected chi connectivity index (χ4v) is 3.59. The van der Waals surface area contributed by atoms with Gasteiger partial charge in [-0.3, -0.25) is 9.59 Å². The molecule has 9 heteroatoms. The molecule has 0 saturated carbocycles. The minimum absolute atomic E-state index is 0.0545. The highest BCUT2D eigenvalue weighted by molar-refractivity contribution is 7.90. The summed E-state index contributed by atoms with van der Waals surface area (Å²) in [7, 11) is -1.64. The SMILES string of the molecule is COC(=O)C(C)S(=O)(=O)N1CC(OC)CC1C(=O)O. The van der Waals surface area contributed by atoms with E-state index in [2.05, 4.69) is 4.74 Å². The maximum absolute atomic E-state index is 12.2. The Hall–Kier alpha value is -1.19. The number of hydrogen-bond donors (Lipinski definition) is 1. The van der Waals surface area contributed by atoms with E-state index >= 15 is 0 Å². The molecule has 0 aromatic carbocycles. The van der Waals surface area contributed by atoms with Gasteiger partial charge in [-0.1, -0.05) is 0 Å². The highest BCUT2D eigenvalue weighted by atomic mass is 32.2. The average molecular weight is 295 g/mol. The summed E-state index contributed by atoms with van der Waals surface area (Å²) in [4.78, 5) is 22.4. The van der Waals surface area contributed by atoms with Gasteiger partial charge >= 0.3 is 11.9 Å². The third-order valence-electron chi connectivity index (χ3n) is 3.14. The Bertz CT molecular complexity index is 460. The Balaban J connectivity index is 3.05. The average Bonchev–Trinajstić information content (AvgIpc) is 2.81. The van der Waals surface area contributed by atoms with Crippen molar-refractivity contribution in [3.8, 4) is 0 Å².